The minimum absolute atomic E-state index is 0.0212. The maximum atomic E-state index is 13.9. The minimum Gasteiger partial charge on any atom is -0.465 e. The van der Waals surface area contributed by atoms with Crippen molar-refractivity contribution in [3.8, 4) is 0 Å². The van der Waals surface area contributed by atoms with Crippen LogP contribution in [-0.2, 0) is 4.74 Å². The molecule has 1 aliphatic heterocycles. The van der Waals surface area contributed by atoms with Gasteiger partial charge >= 0.3 is 11.7 Å². The lowest BCUT2D eigenvalue weighted by Gasteiger charge is -2.36. The highest BCUT2D eigenvalue weighted by Gasteiger charge is 2.27. The van der Waals surface area contributed by atoms with E-state index in [-0.39, 0.29) is 22.9 Å². The Kier molecular flexibility index (Phi) is 4.97. The molecule has 1 aromatic heterocycles. The van der Waals surface area contributed by atoms with E-state index < -0.39 is 10.9 Å². The Bertz CT molecular complexity index is 837. The Hall–Kier alpha value is -3.23. The molecule has 2 aromatic rings. The first-order valence-corrected chi connectivity index (χ1v) is 7.98. The van der Waals surface area contributed by atoms with Gasteiger partial charge in [-0.25, -0.2) is 14.2 Å². The van der Waals surface area contributed by atoms with Gasteiger partial charge in [0.2, 0.25) is 5.82 Å². The molecule has 1 aromatic carbocycles. The third-order valence-corrected chi connectivity index (χ3v) is 4.24. The van der Waals surface area contributed by atoms with E-state index in [2.05, 4.69) is 9.72 Å². The second kappa shape index (κ2) is 7.34. The van der Waals surface area contributed by atoms with Crippen LogP contribution in [0.3, 0.4) is 0 Å². The summed E-state index contributed by atoms with van der Waals surface area (Å²) >= 11 is 0. The Balaban J connectivity index is 1.80. The van der Waals surface area contributed by atoms with Crippen molar-refractivity contribution in [3.05, 3.63) is 58.0 Å². The fourth-order valence-corrected chi connectivity index (χ4v) is 2.92. The van der Waals surface area contributed by atoms with Crippen LogP contribution in [0.2, 0.25) is 0 Å². The van der Waals surface area contributed by atoms with Crippen molar-refractivity contribution in [2.24, 2.45) is 0 Å². The summed E-state index contributed by atoms with van der Waals surface area (Å²) in [4.78, 5) is 30.1. The number of hydrogen-bond acceptors (Lipinski definition) is 7. The predicted molar refractivity (Wildman–Crippen MR) is 93.1 cm³/mol. The number of carbonyl (C=O) groups excluding carboxylic acids is 1. The van der Waals surface area contributed by atoms with Crippen LogP contribution in [0.5, 0.6) is 0 Å². The van der Waals surface area contributed by atoms with Crippen molar-refractivity contribution in [2.45, 2.75) is 0 Å². The molecule has 0 saturated carbocycles. The Morgan fingerprint density at radius 1 is 1.23 bits per heavy atom. The first kappa shape index (κ1) is 17.6. The molecular weight excluding hydrogens is 343 g/mol. The number of hydrogen-bond donors (Lipinski definition) is 0. The molecule has 1 fully saturated rings. The van der Waals surface area contributed by atoms with Crippen LogP contribution in [0.4, 0.5) is 21.6 Å². The highest BCUT2D eigenvalue weighted by Crippen LogP contribution is 2.29. The molecule has 0 atom stereocenters. The van der Waals surface area contributed by atoms with E-state index in [1.54, 1.807) is 23.1 Å². The summed E-state index contributed by atoms with van der Waals surface area (Å²) in [5.41, 5.74) is 0.274. The number of halogens is 1. The molecule has 0 N–H and O–H groups in total. The largest absolute Gasteiger partial charge is 0.465 e. The molecule has 136 valence electrons. The fourth-order valence-electron chi connectivity index (χ4n) is 2.92. The summed E-state index contributed by atoms with van der Waals surface area (Å²) in [7, 11) is 1.20. The number of aromatic nitrogens is 1. The Morgan fingerprint density at radius 3 is 2.50 bits per heavy atom. The zero-order valence-corrected chi connectivity index (χ0v) is 14.1. The van der Waals surface area contributed by atoms with Crippen molar-refractivity contribution in [2.75, 3.05) is 43.1 Å². The molecule has 0 aliphatic carbocycles. The van der Waals surface area contributed by atoms with E-state index in [0.717, 1.165) is 6.07 Å². The quantitative estimate of drug-likeness (QED) is 0.469. The average Bonchev–Trinajstić information content (AvgIpc) is 2.67. The third kappa shape index (κ3) is 3.41. The van der Waals surface area contributed by atoms with E-state index in [1.165, 1.54) is 19.4 Å². The standard InChI is InChI=1S/C17H17FN4O4/c1-26-17(23)12-10-15(22(24)25)16(19-11-12)21-8-6-20(7-9-21)14-5-3-2-4-13(14)18/h2-5,10-11H,6-9H2,1H3. The maximum Gasteiger partial charge on any atom is 0.339 e. The van der Waals surface area contributed by atoms with Crippen LogP contribution in [0.15, 0.2) is 36.5 Å². The van der Waals surface area contributed by atoms with Crippen molar-refractivity contribution in [1.82, 2.24) is 4.98 Å². The van der Waals surface area contributed by atoms with Crippen molar-refractivity contribution >= 4 is 23.2 Å². The van der Waals surface area contributed by atoms with Gasteiger partial charge in [0.1, 0.15) is 5.82 Å². The number of methoxy groups -OCH3 is 1. The average molecular weight is 360 g/mol. The molecule has 0 bridgehead atoms. The zero-order chi connectivity index (χ0) is 18.7. The van der Waals surface area contributed by atoms with Crippen LogP contribution >= 0.6 is 0 Å². The zero-order valence-electron chi connectivity index (χ0n) is 14.1. The predicted octanol–water partition coefficient (Wildman–Crippen LogP) is 2.24. The molecule has 8 nitrogen and oxygen atoms in total. The van der Waals surface area contributed by atoms with Gasteiger partial charge in [0.25, 0.3) is 0 Å². The molecule has 3 rings (SSSR count). The van der Waals surface area contributed by atoms with E-state index in [4.69, 9.17) is 0 Å². The second-order valence-electron chi connectivity index (χ2n) is 5.74. The van der Waals surface area contributed by atoms with Gasteiger partial charge in [0.05, 0.1) is 23.3 Å². The van der Waals surface area contributed by atoms with Crippen LogP contribution < -0.4 is 9.80 Å². The smallest absolute Gasteiger partial charge is 0.339 e. The molecule has 0 radical (unpaired) electrons. The summed E-state index contributed by atoms with van der Waals surface area (Å²) in [5.74, 6) is -0.792. The summed E-state index contributed by atoms with van der Waals surface area (Å²) in [6.07, 6.45) is 1.26. The van der Waals surface area contributed by atoms with Crippen molar-refractivity contribution in [3.63, 3.8) is 0 Å². The van der Waals surface area contributed by atoms with Crippen molar-refractivity contribution in [1.29, 1.82) is 0 Å². The van der Waals surface area contributed by atoms with Crippen molar-refractivity contribution < 1.29 is 18.8 Å². The van der Waals surface area contributed by atoms with Gasteiger partial charge in [-0.3, -0.25) is 10.1 Å². The van der Waals surface area contributed by atoms with Crippen LogP contribution in [-0.4, -0.2) is 49.2 Å². The van der Waals surface area contributed by atoms with Gasteiger partial charge in [-0.1, -0.05) is 12.1 Å². The minimum atomic E-state index is -0.684. The first-order chi connectivity index (χ1) is 12.5. The molecule has 0 amide bonds. The molecule has 9 heteroatoms. The molecular formula is C17H17FN4O4. The summed E-state index contributed by atoms with van der Waals surface area (Å²) < 4.78 is 18.5. The fraction of sp³-hybridized carbons (Fsp3) is 0.294. The summed E-state index contributed by atoms with van der Waals surface area (Å²) in [5, 5.41) is 11.4. The van der Waals surface area contributed by atoms with E-state index in [1.807, 2.05) is 4.90 Å². The van der Waals surface area contributed by atoms with E-state index in [9.17, 15) is 19.3 Å². The van der Waals surface area contributed by atoms with Crippen LogP contribution in [0.1, 0.15) is 10.4 Å². The Labute approximate surface area is 149 Å². The first-order valence-electron chi connectivity index (χ1n) is 7.98. The number of esters is 1. The number of rotatable bonds is 4. The number of anilines is 2. The Morgan fingerprint density at radius 2 is 1.88 bits per heavy atom. The number of nitrogens with zero attached hydrogens (tertiary/aromatic N) is 4. The monoisotopic (exact) mass is 360 g/mol. The number of pyridine rings is 1. The van der Waals surface area contributed by atoms with Gasteiger partial charge in [-0.05, 0) is 12.1 Å². The van der Waals surface area contributed by atoms with Gasteiger partial charge in [0.15, 0.2) is 0 Å². The van der Waals surface area contributed by atoms with Gasteiger partial charge in [-0.2, -0.15) is 0 Å². The second-order valence-corrected chi connectivity index (χ2v) is 5.74. The topological polar surface area (TPSA) is 88.8 Å². The molecule has 0 unspecified atom stereocenters. The molecule has 0 spiro atoms. The highest BCUT2D eigenvalue weighted by atomic mass is 19.1. The number of nitro groups is 1. The number of ether oxygens (including phenoxy) is 1. The van der Waals surface area contributed by atoms with Crippen LogP contribution in [0.25, 0.3) is 0 Å². The SMILES string of the molecule is COC(=O)c1cnc(N2CCN(c3ccccc3F)CC2)c([N+](=O)[O-])c1. The molecule has 1 aliphatic rings. The number of carbonyl (C=O) groups is 1. The van der Waals surface area contributed by atoms with E-state index in [0.29, 0.717) is 31.9 Å². The molecule has 1 saturated heterocycles. The maximum absolute atomic E-state index is 13.9. The number of benzene rings is 1. The van der Waals surface area contributed by atoms with Crippen LogP contribution in [0, 0.1) is 15.9 Å². The van der Waals surface area contributed by atoms with Gasteiger partial charge in [0, 0.05) is 38.4 Å². The molecule has 26 heavy (non-hydrogen) atoms. The van der Waals surface area contributed by atoms with Gasteiger partial charge < -0.3 is 14.5 Å². The lowest BCUT2D eigenvalue weighted by molar-refractivity contribution is -0.384. The normalized spacial score (nSPS) is 14.2. The van der Waals surface area contributed by atoms with Gasteiger partial charge in [-0.15, -0.1) is 0 Å². The highest BCUT2D eigenvalue weighted by molar-refractivity contribution is 5.90. The molecule has 2 heterocycles. The summed E-state index contributed by atoms with van der Waals surface area (Å²) in [6, 6.07) is 7.67. The third-order valence-electron chi connectivity index (χ3n) is 4.24. The number of piperazine rings is 1. The lowest BCUT2D eigenvalue weighted by Crippen LogP contribution is -2.47. The number of para-hydroxylation sites is 1. The lowest BCUT2D eigenvalue weighted by atomic mass is 10.2. The summed E-state index contributed by atoms with van der Waals surface area (Å²) in [6.45, 7) is 1.89. The van der Waals surface area contributed by atoms with E-state index >= 15 is 0 Å².